The largest absolute Gasteiger partial charge is 0.399 e. The smallest absolute Gasteiger partial charge is 0.127 e. The van der Waals surface area contributed by atoms with Crippen LogP contribution in [0.4, 0.5) is 15.8 Å². The van der Waals surface area contributed by atoms with Crippen molar-refractivity contribution in [2.75, 3.05) is 37.0 Å². The van der Waals surface area contributed by atoms with Crippen molar-refractivity contribution in [3.8, 4) is 0 Å². The second kappa shape index (κ2) is 4.67. The van der Waals surface area contributed by atoms with Gasteiger partial charge in [-0.05, 0) is 18.2 Å². The molecule has 0 aromatic heterocycles. The minimum atomic E-state index is -0.363. The lowest BCUT2D eigenvalue weighted by molar-refractivity contribution is 0.0727. The number of nitrogens with zero attached hydrogens (tertiary/aromatic N) is 1. The predicted octanol–water partition coefficient (Wildman–Crippen LogP) is 0.605. The fourth-order valence-corrected chi connectivity index (χ4v) is 1.91. The molecule has 0 radical (unpaired) electrons. The summed E-state index contributed by atoms with van der Waals surface area (Å²) in [6.45, 7) is 1.64. The van der Waals surface area contributed by atoms with E-state index in [1.165, 1.54) is 12.1 Å². The van der Waals surface area contributed by atoms with Gasteiger partial charge in [0, 0.05) is 17.9 Å². The maximum atomic E-state index is 13.2. The molecule has 1 heterocycles. The highest BCUT2D eigenvalue weighted by Gasteiger charge is 2.22. The lowest BCUT2D eigenvalue weighted by Gasteiger charge is -2.36. The average Bonchev–Trinajstić information content (AvgIpc) is 2.27. The molecule has 1 atom stereocenters. The molecule has 0 spiro atoms. The highest BCUT2D eigenvalue weighted by atomic mass is 19.1. The quantitative estimate of drug-likeness (QED) is 0.725. The first-order chi connectivity index (χ1) is 7.70. The number of anilines is 2. The van der Waals surface area contributed by atoms with Crippen LogP contribution in [0.2, 0.25) is 0 Å². The first kappa shape index (κ1) is 11.2. The molecular formula is C11H15FN2O2. The summed E-state index contributed by atoms with van der Waals surface area (Å²) in [5.74, 6) is -0.363. The zero-order chi connectivity index (χ0) is 11.5. The molecule has 1 aliphatic heterocycles. The SMILES string of the molecule is Nc1cc(F)cc(N2CCOCC2CO)c1. The van der Waals surface area contributed by atoms with Crippen LogP contribution in [0.25, 0.3) is 0 Å². The summed E-state index contributed by atoms with van der Waals surface area (Å²) in [6.07, 6.45) is 0. The van der Waals surface area contributed by atoms with Crippen LogP contribution in [-0.2, 0) is 4.74 Å². The summed E-state index contributed by atoms with van der Waals surface area (Å²) in [6, 6.07) is 4.27. The van der Waals surface area contributed by atoms with Gasteiger partial charge in [-0.15, -0.1) is 0 Å². The summed E-state index contributed by atoms with van der Waals surface area (Å²) >= 11 is 0. The van der Waals surface area contributed by atoms with Crippen LogP contribution in [0, 0.1) is 5.82 Å². The van der Waals surface area contributed by atoms with Gasteiger partial charge in [-0.2, -0.15) is 0 Å². The van der Waals surface area contributed by atoms with Crippen molar-refractivity contribution in [1.29, 1.82) is 0 Å². The summed E-state index contributed by atoms with van der Waals surface area (Å²) in [5.41, 5.74) is 6.67. The number of morpholine rings is 1. The summed E-state index contributed by atoms with van der Waals surface area (Å²) in [4.78, 5) is 1.92. The molecule has 3 N–H and O–H groups in total. The van der Waals surface area contributed by atoms with E-state index in [4.69, 9.17) is 10.5 Å². The molecule has 0 bridgehead atoms. The molecule has 0 saturated carbocycles. The molecule has 0 amide bonds. The van der Waals surface area contributed by atoms with Gasteiger partial charge < -0.3 is 20.5 Å². The van der Waals surface area contributed by atoms with Gasteiger partial charge in [0.15, 0.2) is 0 Å². The molecule has 1 aromatic rings. The van der Waals surface area contributed by atoms with Gasteiger partial charge in [-0.3, -0.25) is 0 Å². The normalized spacial score (nSPS) is 21.1. The van der Waals surface area contributed by atoms with Crippen LogP contribution in [-0.4, -0.2) is 37.5 Å². The fourth-order valence-electron chi connectivity index (χ4n) is 1.91. The van der Waals surface area contributed by atoms with Gasteiger partial charge in [0.05, 0.1) is 25.9 Å². The molecule has 1 aromatic carbocycles. The second-order valence-electron chi connectivity index (χ2n) is 3.85. The predicted molar refractivity (Wildman–Crippen MR) is 59.9 cm³/mol. The minimum absolute atomic E-state index is 0.0174. The van der Waals surface area contributed by atoms with Gasteiger partial charge in [0.1, 0.15) is 5.82 Å². The summed E-state index contributed by atoms with van der Waals surface area (Å²) < 4.78 is 18.5. The van der Waals surface area contributed by atoms with E-state index in [0.29, 0.717) is 31.1 Å². The molecule has 5 heteroatoms. The first-order valence-corrected chi connectivity index (χ1v) is 5.22. The van der Waals surface area contributed by atoms with Crippen LogP contribution in [0.3, 0.4) is 0 Å². The molecule has 88 valence electrons. The lowest BCUT2D eigenvalue weighted by Crippen LogP contribution is -2.47. The number of aliphatic hydroxyl groups is 1. The topological polar surface area (TPSA) is 58.7 Å². The molecule has 16 heavy (non-hydrogen) atoms. The number of hydrogen-bond donors (Lipinski definition) is 2. The average molecular weight is 226 g/mol. The van der Waals surface area contributed by atoms with E-state index in [-0.39, 0.29) is 18.5 Å². The van der Waals surface area contributed by atoms with Crippen molar-refractivity contribution in [2.24, 2.45) is 0 Å². The van der Waals surface area contributed by atoms with Crippen molar-refractivity contribution >= 4 is 11.4 Å². The Morgan fingerprint density at radius 1 is 1.50 bits per heavy atom. The Bertz CT molecular complexity index is 353. The number of nitrogens with two attached hydrogens (primary N) is 1. The van der Waals surface area contributed by atoms with E-state index in [9.17, 15) is 9.50 Å². The van der Waals surface area contributed by atoms with Crippen molar-refractivity contribution in [1.82, 2.24) is 0 Å². The lowest BCUT2D eigenvalue weighted by atomic mass is 10.2. The van der Waals surface area contributed by atoms with Crippen LogP contribution in [0.15, 0.2) is 18.2 Å². The van der Waals surface area contributed by atoms with Crippen molar-refractivity contribution in [3.05, 3.63) is 24.0 Å². The van der Waals surface area contributed by atoms with Gasteiger partial charge in [-0.25, -0.2) is 4.39 Å². The molecule has 4 nitrogen and oxygen atoms in total. The van der Waals surface area contributed by atoms with E-state index in [2.05, 4.69) is 0 Å². The second-order valence-corrected chi connectivity index (χ2v) is 3.85. The number of benzene rings is 1. The third kappa shape index (κ3) is 2.25. The number of rotatable bonds is 2. The molecule has 1 saturated heterocycles. The highest BCUT2D eigenvalue weighted by molar-refractivity contribution is 5.57. The van der Waals surface area contributed by atoms with Crippen LogP contribution in [0.1, 0.15) is 0 Å². The third-order valence-electron chi connectivity index (χ3n) is 2.67. The molecule has 0 aliphatic carbocycles. The Hall–Kier alpha value is -1.33. The Labute approximate surface area is 93.4 Å². The van der Waals surface area contributed by atoms with E-state index in [1.54, 1.807) is 6.07 Å². The maximum absolute atomic E-state index is 13.2. The number of ether oxygens (including phenoxy) is 1. The van der Waals surface area contributed by atoms with E-state index in [0.717, 1.165) is 0 Å². The Morgan fingerprint density at radius 2 is 2.31 bits per heavy atom. The van der Waals surface area contributed by atoms with Crippen LogP contribution < -0.4 is 10.6 Å². The van der Waals surface area contributed by atoms with Gasteiger partial charge in [0.25, 0.3) is 0 Å². The Kier molecular flexibility index (Phi) is 3.26. The van der Waals surface area contributed by atoms with E-state index < -0.39 is 0 Å². The minimum Gasteiger partial charge on any atom is -0.399 e. The van der Waals surface area contributed by atoms with Crippen molar-refractivity contribution < 1.29 is 14.2 Å². The van der Waals surface area contributed by atoms with Crippen LogP contribution >= 0.6 is 0 Å². The van der Waals surface area contributed by atoms with Crippen LogP contribution in [0.5, 0.6) is 0 Å². The number of aliphatic hydroxyl groups excluding tert-OH is 1. The molecule has 1 fully saturated rings. The highest BCUT2D eigenvalue weighted by Crippen LogP contribution is 2.23. The Morgan fingerprint density at radius 3 is 3.00 bits per heavy atom. The number of halogens is 1. The van der Waals surface area contributed by atoms with E-state index >= 15 is 0 Å². The molecular weight excluding hydrogens is 211 g/mol. The zero-order valence-corrected chi connectivity index (χ0v) is 8.90. The number of nitrogen functional groups attached to an aromatic ring is 1. The zero-order valence-electron chi connectivity index (χ0n) is 8.90. The Balaban J connectivity index is 2.26. The molecule has 1 aliphatic rings. The van der Waals surface area contributed by atoms with Crippen molar-refractivity contribution in [2.45, 2.75) is 6.04 Å². The van der Waals surface area contributed by atoms with Gasteiger partial charge in [-0.1, -0.05) is 0 Å². The van der Waals surface area contributed by atoms with Gasteiger partial charge >= 0.3 is 0 Å². The fraction of sp³-hybridized carbons (Fsp3) is 0.455. The maximum Gasteiger partial charge on any atom is 0.127 e. The summed E-state index contributed by atoms with van der Waals surface area (Å²) in [7, 11) is 0. The molecule has 1 unspecified atom stereocenters. The van der Waals surface area contributed by atoms with Crippen molar-refractivity contribution in [3.63, 3.8) is 0 Å². The third-order valence-corrected chi connectivity index (χ3v) is 2.67. The van der Waals surface area contributed by atoms with Gasteiger partial charge in [0.2, 0.25) is 0 Å². The molecule has 2 rings (SSSR count). The first-order valence-electron chi connectivity index (χ1n) is 5.22. The summed E-state index contributed by atoms with van der Waals surface area (Å²) in [5, 5.41) is 9.21. The van der Waals surface area contributed by atoms with E-state index in [1.807, 2.05) is 4.90 Å². The standard InChI is InChI=1S/C11H15FN2O2/c12-8-3-9(13)5-10(4-8)14-1-2-16-7-11(14)6-15/h3-5,11,15H,1-2,6-7,13H2. The number of hydrogen-bond acceptors (Lipinski definition) is 4. The monoisotopic (exact) mass is 226 g/mol.